The van der Waals surface area contributed by atoms with Crippen LogP contribution in [0.1, 0.15) is 31.1 Å². The van der Waals surface area contributed by atoms with Crippen molar-refractivity contribution in [1.82, 2.24) is 5.32 Å². The fourth-order valence-corrected chi connectivity index (χ4v) is 4.35. The van der Waals surface area contributed by atoms with E-state index in [0.29, 0.717) is 11.3 Å². The third-order valence-electron chi connectivity index (χ3n) is 4.54. The Morgan fingerprint density at radius 2 is 1.33 bits per heavy atom. The minimum atomic E-state index is -0.379. The molecule has 4 rings (SSSR count). The Morgan fingerprint density at radius 1 is 0.800 bits per heavy atom. The third-order valence-corrected chi connectivity index (χ3v) is 5.67. The van der Waals surface area contributed by atoms with E-state index >= 15 is 0 Å². The topological polar surface area (TPSA) is 61.4 Å². The van der Waals surface area contributed by atoms with Crippen LogP contribution < -0.4 is 15.5 Å². The molecule has 3 amide bonds. The molecule has 0 saturated carbocycles. The predicted octanol–water partition coefficient (Wildman–Crippen LogP) is 6.05. The summed E-state index contributed by atoms with van der Waals surface area (Å²) >= 11 is 1.64. The minimum absolute atomic E-state index is 0.228. The predicted molar refractivity (Wildman–Crippen MR) is 122 cm³/mol. The largest absolute Gasteiger partial charge is 0.347 e. The van der Waals surface area contributed by atoms with Crippen LogP contribution in [0.15, 0.2) is 82.6 Å². The molecule has 152 valence electrons. The summed E-state index contributed by atoms with van der Waals surface area (Å²) in [5.41, 5.74) is 2.15. The van der Waals surface area contributed by atoms with Gasteiger partial charge in [-0.15, -0.1) is 0 Å². The van der Waals surface area contributed by atoms with Crippen LogP contribution in [0.25, 0.3) is 0 Å². The van der Waals surface area contributed by atoms with Crippen molar-refractivity contribution < 1.29 is 9.59 Å². The summed E-state index contributed by atoms with van der Waals surface area (Å²) in [6.07, 6.45) is 0. The number of rotatable bonds is 2. The van der Waals surface area contributed by atoms with Crippen LogP contribution in [0.4, 0.5) is 21.9 Å². The Morgan fingerprint density at radius 3 is 1.93 bits per heavy atom. The molecule has 1 heterocycles. The van der Waals surface area contributed by atoms with Crippen molar-refractivity contribution in [3.63, 3.8) is 0 Å². The van der Waals surface area contributed by atoms with Gasteiger partial charge in [0.2, 0.25) is 0 Å². The Bertz CT molecular complexity index is 1080. The molecule has 0 bridgehead atoms. The van der Waals surface area contributed by atoms with Gasteiger partial charge in [0.15, 0.2) is 0 Å². The molecule has 0 unspecified atom stereocenters. The number of para-hydroxylation sites is 3. The number of carbonyl (C=O) groups is 2. The first-order valence-corrected chi connectivity index (χ1v) is 10.5. The molecule has 0 radical (unpaired) electrons. The maximum atomic E-state index is 13.4. The van der Waals surface area contributed by atoms with Gasteiger partial charge >= 0.3 is 6.03 Å². The van der Waals surface area contributed by atoms with Crippen molar-refractivity contribution in [3.8, 4) is 0 Å². The van der Waals surface area contributed by atoms with E-state index < -0.39 is 0 Å². The van der Waals surface area contributed by atoms with Crippen molar-refractivity contribution in [3.05, 3.63) is 78.4 Å². The highest BCUT2D eigenvalue weighted by Crippen LogP contribution is 2.48. The van der Waals surface area contributed by atoms with E-state index in [1.807, 2.05) is 69.3 Å². The molecule has 0 spiro atoms. The molecule has 6 heteroatoms. The molecule has 5 nitrogen and oxygen atoms in total. The van der Waals surface area contributed by atoms with Crippen LogP contribution in [-0.2, 0) is 0 Å². The van der Waals surface area contributed by atoms with Crippen LogP contribution in [0.5, 0.6) is 0 Å². The number of amides is 3. The first-order valence-electron chi connectivity index (χ1n) is 9.72. The van der Waals surface area contributed by atoms with E-state index in [2.05, 4.69) is 10.6 Å². The Labute approximate surface area is 180 Å². The smallest absolute Gasteiger partial charge is 0.331 e. The normalized spacial score (nSPS) is 12.6. The number of fused-ring (bicyclic) bond motifs is 2. The number of nitrogens with zero attached hydrogens (tertiary/aromatic N) is 1. The van der Waals surface area contributed by atoms with Gasteiger partial charge in [-0.05, 0) is 57.2 Å². The van der Waals surface area contributed by atoms with E-state index in [-0.39, 0.29) is 17.5 Å². The second kappa shape index (κ2) is 7.88. The number of urea groups is 1. The monoisotopic (exact) mass is 417 g/mol. The van der Waals surface area contributed by atoms with Gasteiger partial charge in [0.1, 0.15) is 0 Å². The molecule has 0 aliphatic carbocycles. The fraction of sp³-hybridized carbons (Fsp3) is 0.167. The van der Waals surface area contributed by atoms with Crippen LogP contribution >= 0.6 is 11.8 Å². The molecule has 3 aromatic carbocycles. The van der Waals surface area contributed by atoms with Crippen molar-refractivity contribution >= 4 is 40.8 Å². The summed E-state index contributed by atoms with van der Waals surface area (Å²) in [6, 6.07) is 22.3. The Balaban J connectivity index is 1.69. The highest BCUT2D eigenvalue weighted by Gasteiger charge is 2.28. The molecular weight excluding hydrogens is 394 g/mol. The fourth-order valence-electron chi connectivity index (χ4n) is 3.29. The summed E-state index contributed by atoms with van der Waals surface area (Å²) in [5.74, 6) is -0.228. The SMILES string of the molecule is CC(C)(C)NC(=O)c1ccccc1NC(=O)N1c2ccccc2Sc2ccccc21. The molecule has 0 saturated heterocycles. The molecule has 0 aromatic heterocycles. The molecule has 1 aliphatic rings. The Hall–Kier alpha value is -3.25. The van der Waals surface area contributed by atoms with Gasteiger partial charge in [0.25, 0.3) is 5.91 Å². The van der Waals surface area contributed by atoms with E-state index in [9.17, 15) is 9.59 Å². The van der Waals surface area contributed by atoms with Gasteiger partial charge in [-0.2, -0.15) is 0 Å². The summed E-state index contributed by atoms with van der Waals surface area (Å²) in [7, 11) is 0. The van der Waals surface area contributed by atoms with Gasteiger partial charge < -0.3 is 10.6 Å². The zero-order chi connectivity index (χ0) is 21.3. The lowest BCUT2D eigenvalue weighted by Gasteiger charge is -2.31. The van der Waals surface area contributed by atoms with Crippen LogP contribution in [0.2, 0.25) is 0 Å². The lowest BCUT2D eigenvalue weighted by Crippen LogP contribution is -2.41. The molecular formula is C24H23N3O2S. The highest BCUT2D eigenvalue weighted by atomic mass is 32.2. The number of hydrogen-bond acceptors (Lipinski definition) is 3. The quantitative estimate of drug-likeness (QED) is 0.534. The summed E-state index contributed by atoms with van der Waals surface area (Å²) in [5, 5.41) is 5.90. The second-order valence-corrected chi connectivity index (χ2v) is 9.14. The van der Waals surface area contributed by atoms with E-state index in [1.54, 1.807) is 40.9 Å². The molecule has 30 heavy (non-hydrogen) atoms. The first kappa shape index (κ1) is 20.0. The van der Waals surface area contributed by atoms with Crippen molar-refractivity contribution in [2.75, 3.05) is 10.2 Å². The average Bonchev–Trinajstić information content (AvgIpc) is 2.71. The average molecular weight is 418 g/mol. The van der Waals surface area contributed by atoms with Crippen LogP contribution in [0, 0.1) is 0 Å². The van der Waals surface area contributed by atoms with Crippen molar-refractivity contribution in [2.45, 2.75) is 36.1 Å². The Kier molecular flexibility index (Phi) is 5.26. The highest BCUT2D eigenvalue weighted by molar-refractivity contribution is 7.99. The van der Waals surface area contributed by atoms with Gasteiger partial charge in [-0.1, -0.05) is 48.2 Å². The van der Waals surface area contributed by atoms with Crippen LogP contribution in [-0.4, -0.2) is 17.5 Å². The summed E-state index contributed by atoms with van der Waals surface area (Å²) in [6.45, 7) is 5.77. The number of nitrogens with one attached hydrogen (secondary N) is 2. The first-order chi connectivity index (χ1) is 14.3. The number of anilines is 3. The van der Waals surface area contributed by atoms with Gasteiger partial charge in [0, 0.05) is 15.3 Å². The second-order valence-electron chi connectivity index (χ2n) is 8.05. The lowest BCUT2D eigenvalue weighted by molar-refractivity contribution is 0.0920. The molecule has 3 aromatic rings. The number of benzene rings is 3. The van der Waals surface area contributed by atoms with Crippen LogP contribution in [0.3, 0.4) is 0 Å². The molecule has 2 N–H and O–H groups in total. The molecule has 0 fully saturated rings. The maximum absolute atomic E-state index is 13.4. The van der Waals surface area contributed by atoms with Crippen molar-refractivity contribution in [2.24, 2.45) is 0 Å². The molecule has 1 aliphatic heterocycles. The zero-order valence-electron chi connectivity index (χ0n) is 17.1. The van der Waals surface area contributed by atoms with E-state index in [4.69, 9.17) is 0 Å². The van der Waals surface area contributed by atoms with Gasteiger partial charge in [-0.3, -0.25) is 9.69 Å². The maximum Gasteiger partial charge on any atom is 0.331 e. The van der Waals surface area contributed by atoms with E-state index in [1.165, 1.54) is 0 Å². The van der Waals surface area contributed by atoms with Gasteiger partial charge in [-0.25, -0.2) is 4.79 Å². The molecule has 0 atom stereocenters. The zero-order valence-corrected chi connectivity index (χ0v) is 17.9. The van der Waals surface area contributed by atoms with Crippen molar-refractivity contribution in [1.29, 1.82) is 0 Å². The minimum Gasteiger partial charge on any atom is -0.347 e. The van der Waals surface area contributed by atoms with Gasteiger partial charge in [0.05, 0.1) is 22.6 Å². The number of carbonyl (C=O) groups excluding carboxylic acids is 2. The standard InChI is InChI=1S/C24H23N3O2S/c1-24(2,3)26-22(28)16-10-4-5-11-17(16)25-23(29)27-18-12-6-8-14-20(18)30-21-15-9-7-13-19(21)27/h4-15H,1-3H3,(H,25,29)(H,26,28). The van der Waals surface area contributed by atoms with E-state index in [0.717, 1.165) is 21.2 Å². The summed E-state index contributed by atoms with van der Waals surface area (Å²) in [4.78, 5) is 29.9. The lowest BCUT2D eigenvalue weighted by atomic mass is 10.1. The summed E-state index contributed by atoms with van der Waals surface area (Å²) < 4.78 is 0. The third kappa shape index (κ3) is 4.04. The number of hydrogen-bond donors (Lipinski definition) is 2.